The monoisotopic (exact) mass is 378 g/mol. The van der Waals surface area contributed by atoms with Crippen LogP contribution in [0.4, 0.5) is 0 Å². The first kappa shape index (κ1) is 21.2. The maximum Gasteiger partial charge on any atom is 0.244 e. The highest BCUT2D eigenvalue weighted by molar-refractivity contribution is 7.89. The molecule has 0 saturated carbocycles. The molecule has 2 rings (SSSR count). The molecule has 8 heteroatoms. The molecule has 0 radical (unpaired) electrons. The van der Waals surface area contributed by atoms with Crippen LogP contribution in [0.5, 0.6) is 5.75 Å². The van der Waals surface area contributed by atoms with Crippen molar-refractivity contribution >= 4 is 22.4 Å². The Balaban J connectivity index is 0.00000288. The zero-order valence-corrected chi connectivity index (χ0v) is 16.1. The zero-order valence-electron chi connectivity index (χ0n) is 14.4. The molecule has 1 aromatic rings. The van der Waals surface area contributed by atoms with Crippen LogP contribution in [0, 0.1) is 12.3 Å². The van der Waals surface area contributed by atoms with Crippen LogP contribution in [0.15, 0.2) is 23.1 Å². The third kappa shape index (κ3) is 5.07. The first-order valence-electron chi connectivity index (χ1n) is 7.76. The lowest BCUT2D eigenvalue weighted by Gasteiger charge is -2.37. The first-order valence-corrected chi connectivity index (χ1v) is 9.25. The van der Waals surface area contributed by atoms with Crippen molar-refractivity contribution in [2.45, 2.75) is 24.7 Å². The van der Waals surface area contributed by atoms with Gasteiger partial charge in [-0.25, -0.2) is 13.1 Å². The van der Waals surface area contributed by atoms with Gasteiger partial charge in [0.1, 0.15) is 10.6 Å². The van der Waals surface area contributed by atoms with Crippen LogP contribution in [0.2, 0.25) is 0 Å². The van der Waals surface area contributed by atoms with Crippen molar-refractivity contribution in [1.29, 1.82) is 0 Å². The highest BCUT2D eigenvalue weighted by atomic mass is 35.5. The number of nitrogens with one attached hydrogen (secondary N) is 2. The number of benzene rings is 1. The van der Waals surface area contributed by atoms with Crippen molar-refractivity contribution in [1.82, 2.24) is 10.0 Å². The fourth-order valence-corrected chi connectivity index (χ4v) is 4.36. The van der Waals surface area contributed by atoms with Gasteiger partial charge in [0.25, 0.3) is 0 Å². The van der Waals surface area contributed by atoms with E-state index in [2.05, 4.69) is 10.0 Å². The quantitative estimate of drug-likeness (QED) is 0.755. The molecular weight excluding hydrogens is 352 g/mol. The van der Waals surface area contributed by atoms with E-state index in [1.807, 2.05) is 13.0 Å². The number of halogens is 1. The molecule has 6 nitrogen and oxygen atoms in total. The van der Waals surface area contributed by atoms with Crippen LogP contribution in [-0.2, 0) is 14.8 Å². The molecule has 2 N–H and O–H groups in total. The SMILES string of the molecule is COCC1(CNS(=O)(=O)c2cc(C)ccc2OC)CCNCC1.Cl. The molecule has 0 aliphatic carbocycles. The van der Waals surface area contributed by atoms with Gasteiger partial charge in [-0.3, -0.25) is 0 Å². The second-order valence-corrected chi connectivity index (χ2v) is 7.90. The minimum Gasteiger partial charge on any atom is -0.495 e. The topological polar surface area (TPSA) is 76.7 Å². The van der Waals surface area contributed by atoms with E-state index in [-0.39, 0.29) is 22.7 Å². The molecule has 1 fully saturated rings. The molecule has 0 bridgehead atoms. The lowest BCUT2D eigenvalue weighted by Crippen LogP contribution is -2.47. The molecule has 138 valence electrons. The van der Waals surface area contributed by atoms with Crippen LogP contribution < -0.4 is 14.8 Å². The van der Waals surface area contributed by atoms with Crippen molar-refractivity contribution in [2.24, 2.45) is 5.41 Å². The number of aryl methyl sites for hydroxylation is 1. The van der Waals surface area contributed by atoms with Crippen LogP contribution in [0.3, 0.4) is 0 Å². The molecule has 0 aromatic heterocycles. The third-order valence-electron chi connectivity index (χ3n) is 4.36. The standard InChI is InChI=1S/C16H26N2O4S.ClH/c1-13-4-5-14(22-3)15(10-13)23(19,20)18-11-16(12-21-2)6-8-17-9-7-16;/h4-5,10,17-18H,6-9,11-12H2,1-3H3;1H. The van der Waals surface area contributed by atoms with Gasteiger partial charge in [0.15, 0.2) is 0 Å². The summed E-state index contributed by atoms with van der Waals surface area (Å²) in [6.07, 6.45) is 1.77. The maximum absolute atomic E-state index is 12.7. The number of sulfonamides is 1. The van der Waals surface area contributed by atoms with Gasteiger partial charge in [-0.05, 0) is 50.6 Å². The van der Waals surface area contributed by atoms with E-state index in [1.165, 1.54) is 7.11 Å². The van der Waals surface area contributed by atoms with Crippen LogP contribution in [0.25, 0.3) is 0 Å². The normalized spacial score (nSPS) is 17.1. The second kappa shape index (κ2) is 9.01. The minimum atomic E-state index is -3.63. The summed E-state index contributed by atoms with van der Waals surface area (Å²) in [5.41, 5.74) is 0.712. The third-order valence-corrected chi connectivity index (χ3v) is 5.78. The smallest absolute Gasteiger partial charge is 0.244 e. The summed E-state index contributed by atoms with van der Waals surface area (Å²) in [7, 11) is -0.503. The summed E-state index contributed by atoms with van der Waals surface area (Å²) in [5, 5.41) is 3.30. The Labute approximate surface area is 150 Å². The Kier molecular flexibility index (Phi) is 7.95. The average Bonchev–Trinajstić information content (AvgIpc) is 2.54. The number of hydrogen-bond acceptors (Lipinski definition) is 5. The van der Waals surface area contributed by atoms with Crippen molar-refractivity contribution < 1.29 is 17.9 Å². The van der Waals surface area contributed by atoms with E-state index in [1.54, 1.807) is 19.2 Å². The van der Waals surface area contributed by atoms with Gasteiger partial charge >= 0.3 is 0 Å². The van der Waals surface area contributed by atoms with Crippen molar-refractivity contribution in [2.75, 3.05) is 40.5 Å². The van der Waals surface area contributed by atoms with Gasteiger partial charge in [-0.1, -0.05) is 6.07 Å². The molecule has 0 spiro atoms. The Morgan fingerprint density at radius 3 is 2.50 bits per heavy atom. The van der Waals surface area contributed by atoms with Crippen LogP contribution >= 0.6 is 12.4 Å². The minimum absolute atomic E-state index is 0. The van der Waals surface area contributed by atoms with Crippen molar-refractivity contribution in [3.8, 4) is 5.75 Å². The Hall–Kier alpha value is -0.860. The van der Waals surface area contributed by atoms with Gasteiger partial charge in [0.05, 0.1) is 13.7 Å². The summed E-state index contributed by atoms with van der Waals surface area (Å²) >= 11 is 0. The molecule has 1 heterocycles. The fraction of sp³-hybridized carbons (Fsp3) is 0.625. The predicted octanol–water partition coefficient (Wildman–Crippen LogP) is 1.72. The van der Waals surface area contributed by atoms with Crippen molar-refractivity contribution in [3.63, 3.8) is 0 Å². The van der Waals surface area contributed by atoms with E-state index in [9.17, 15) is 8.42 Å². The largest absolute Gasteiger partial charge is 0.495 e. The van der Waals surface area contributed by atoms with E-state index in [4.69, 9.17) is 9.47 Å². The fourth-order valence-electron chi connectivity index (χ4n) is 2.96. The molecule has 1 aromatic carbocycles. The van der Waals surface area contributed by atoms with E-state index >= 15 is 0 Å². The first-order chi connectivity index (χ1) is 10.9. The number of ether oxygens (including phenoxy) is 2. The molecule has 0 atom stereocenters. The summed E-state index contributed by atoms with van der Waals surface area (Å²) in [6, 6.07) is 5.14. The van der Waals surface area contributed by atoms with E-state index < -0.39 is 10.0 Å². The van der Waals surface area contributed by atoms with E-state index in [0.29, 0.717) is 18.9 Å². The highest BCUT2D eigenvalue weighted by Gasteiger charge is 2.34. The van der Waals surface area contributed by atoms with Crippen LogP contribution in [-0.4, -0.2) is 48.9 Å². The number of piperidine rings is 1. The maximum atomic E-state index is 12.7. The number of rotatable bonds is 7. The molecule has 0 unspecified atom stereocenters. The lowest BCUT2D eigenvalue weighted by molar-refractivity contribution is 0.0577. The van der Waals surface area contributed by atoms with E-state index in [0.717, 1.165) is 31.5 Å². The van der Waals surface area contributed by atoms with Gasteiger partial charge in [0, 0.05) is 19.1 Å². The summed E-state index contributed by atoms with van der Waals surface area (Å²) in [6.45, 7) is 4.51. The van der Waals surface area contributed by atoms with Gasteiger partial charge in [0.2, 0.25) is 10.0 Å². The Morgan fingerprint density at radius 2 is 1.92 bits per heavy atom. The molecule has 1 saturated heterocycles. The van der Waals surface area contributed by atoms with Crippen molar-refractivity contribution in [3.05, 3.63) is 23.8 Å². The molecule has 24 heavy (non-hydrogen) atoms. The van der Waals surface area contributed by atoms with Crippen LogP contribution in [0.1, 0.15) is 18.4 Å². The predicted molar refractivity (Wildman–Crippen MR) is 96.6 cm³/mol. The summed E-state index contributed by atoms with van der Waals surface area (Å²) < 4.78 is 38.7. The Morgan fingerprint density at radius 1 is 1.25 bits per heavy atom. The highest BCUT2D eigenvalue weighted by Crippen LogP contribution is 2.30. The average molecular weight is 379 g/mol. The summed E-state index contributed by atoms with van der Waals surface area (Å²) in [4.78, 5) is 0.182. The lowest BCUT2D eigenvalue weighted by atomic mass is 9.80. The molecule has 1 aliphatic rings. The number of hydrogen-bond donors (Lipinski definition) is 2. The summed E-state index contributed by atoms with van der Waals surface area (Å²) in [5.74, 6) is 0.356. The van der Waals surface area contributed by atoms with Gasteiger partial charge in [-0.2, -0.15) is 0 Å². The molecule has 1 aliphatic heterocycles. The zero-order chi connectivity index (χ0) is 16.9. The second-order valence-electron chi connectivity index (χ2n) is 6.16. The van der Waals surface area contributed by atoms with Gasteiger partial charge < -0.3 is 14.8 Å². The number of methoxy groups -OCH3 is 2. The Bertz CT molecular complexity index is 625. The molecule has 0 amide bonds. The molecular formula is C16H27ClN2O4S. The van der Waals surface area contributed by atoms with Gasteiger partial charge in [-0.15, -0.1) is 12.4 Å².